The van der Waals surface area contributed by atoms with Gasteiger partial charge in [-0.1, -0.05) is 64.8 Å². The molecule has 0 radical (unpaired) electrons. The molecule has 1 aliphatic carbocycles. The molecule has 0 saturated carbocycles. The molecule has 0 N–H and O–H groups in total. The molecule has 2 rings (SSSR count). The lowest BCUT2D eigenvalue weighted by molar-refractivity contribution is 0.306. The van der Waals surface area contributed by atoms with Gasteiger partial charge in [0.2, 0.25) is 0 Å². The van der Waals surface area contributed by atoms with Crippen LogP contribution in [-0.2, 0) is 11.8 Å². The van der Waals surface area contributed by atoms with E-state index in [1.54, 1.807) is 11.1 Å². The van der Waals surface area contributed by atoms with Crippen LogP contribution in [0.4, 0.5) is 0 Å². The van der Waals surface area contributed by atoms with E-state index in [9.17, 15) is 0 Å². The monoisotopic (exact) mass is 258 g/mol. The van der Waals surface area contributed by atoms with Crippen molar-refractivity contribution < 1.29 is 0 Å². The van der Waals surface area contributed by atoms with Crippen molar-refractivity contribution in [1.29, 1.82) is 0 Å². The average molecular weight is 258 g/mol. The second-order valence-electron chi connectivity index (χ2n) is 7.30. The molecule has 19 heavy (non-hydrogen) atoms. The van der Waals surface area contributed by atoms with Gasteiger partial charge in [0.1, 0.15) is 0 Å². The summed E-state index contributed by atoms with van der Waals surface area (Å²) in [4.78, 5) is 0. The maximum Gasteiger partial charge on any atom is -0.00409 e. The molecule has 106 valence electrons. The lowest BCUT2D eigenvalue weighted by atomic mass is 9.72. The lowest BCUT2D eigenvalue weighted by Crippen LogP contribution is -2.24. The van der Waals surface area contributed by atoms with Gasteiger partial charge in [0.15, 0.2) is 0 Å². The van der Waals surface area contributed by atoms with E-state index in [-0.39, 0.29) is 0 Å². The third kappa shape index (κ3) is 3.41. The molecule has 1 aromatic carbocycles. The first-order chi connectivity index (χ1) is 9.03. The Morgan fingerprint density at radius 3 is 2.11 bits per heavy atom. The van der Waals surface area contributed by atoms with Crippen molar-refractivity contribution in [2.45, 2.75) is 71.6 Å². The summed E-state index contributed by atoms with van der Waals surface area (Å²) < 4.78 is 0. The van der Waals surface area contributed by atoms with Crippen LogP contribution < -0.4 is 0 Å². The smallest absolute Gasteiger partial charge is 0.00409 e. The van der Waals surface area contributed by atoms with Crippen molar-refractivity contribution in [2.75, 3.05) is 0 Å². The summed E-state index contributed by atoms with van der Waals surface area (Å²) in [5.74, 6) is 1.65. The van der Waals surface area contributed by atoms with E-state index in [0.29, 0.717) is 5.41 Å². The minimum Gasteiger partial charge on any atom is -0.0628 e. The van der Waals surface area contributed by atoms with Crippen molar-refractivity contribution in [3.05, 3.63) is 35.4 Å². The van der Waals surface area contributed by atoms with E-state index < -0.39 is 0 Å². The summed E-state index contributed by atoms with van der Waals surface area (Å²) >= 11 is 0. The van der Waals surface area contributed by atoms with Crippen molar-refractivity contribution >= 4 is 0 Å². The lowest BCUT2D eigenvalue weighted by Gasteiger charge is -2.32. The van der Waals surface area contributed by atoms with E-state index in [1.165, 1.54) is 38.5 Å². The minimum absolute atomic E-state index is 0.491. The van der Waals surface area contributed by atoms with Gasteiger partial charge in [0.25, 0.3) is 0 Å². The molecule has 1 aromatic rings. The van der Waals surface area contributed by atoms with Gasteiger partial charge >= 0.3 is 0 Å². The Bertz CT molecular complexity index is 388. The summed E-state index contributed by atoms with van der Waals surface area (Å²) in [6, 6.07) is 9.20. The second-order valence-corrected chi connectivity index (χ2v) is 7.30. The number of hydrogen-bond donors (Lipinski definition) is 0. The van der Waals surface area contributed by atoms with Crippen LogP contribution >= 0.6 is 0 Å². The molecule has 0 fully saturated rings. The van der Waals surface area contributed by atoms with Crippen molar-refractivity contribution in [3.8, 4) is 0 Å². The molecule has 1 aliphatic rings. The molecule has 0 bridgehead atoms. The number of hydrogen-bond acceptors (Lipinski definition) is 0. The fourth-order valence-electron chi connectivity index (χ4n) is 3.54. The van der Waals surface area contributed by atoms with Gasteiger partial charge in [0.05, 0.1) is 0 Å². The highest BCUT2D eigenvalue weighted by atomic mass is 14.4. The van der Waals surface area contributed by atoms with Crippen LogP contribution in [0.1, 0.15) is 70.9 Å². The Morgan fingerprint density at radius 2 is 1.53 bits per heavy atom. The number of fused-ring (bicyclic) bond motifs is 1. The van der Waals surface area contributed by atoms with Crippen LogP contribution in [0, 0.1) is 11.8 Å². The molecule has 0 aromatic heterocycles. The highest BCUT2D eigenvalue weighted by molar-refractivity contribution is 5.39. The van der Waals surface area contributed by atoms with Crippen LogP contribution in [-0.4, -0.2) is 0 Å². The molecule has 0 atom stereocenters. The molecule has 0 aliphatic heterocycles. The summed E-state index contributed by atoms with van der Waals surface area (Å²) in [5, 5.41) is 0. The van der Waals surface area contributed by atoms with Gasteiger partial charge in [-0.05, 0) is 54.1 Å². The second kappa shape index (κ2) is 6.11. The average Bonchev–Trinajstić information content (AvgIpc) is 2.74. The third-order valence-corrected chi connectivity index (χ3v) is 4.86. The molecule has 0 saturated heterocycles. The zero-order chi connectivity index (χ0) is 13.9. The molecule has 0 nitrogen and oxygen atoms in total. The van der Waals surface area contributed by atoms with Gasteiger partial charge in [-0.15, -0.1) is 0 Å². The largest absolute Gasteiger partial charge is 0.0628 e. The first-order valence-corrected chi connectivity index (χ1v) is 8.12. The van der Waals surface area contributed by atoms with Gasteiger partial charge in [-0.25, -0.2) is 0 Å². The first kappa shape index (κ1) is 14.6. The summed E-state index contributed by atoms with van der Waals surface area (Å²) in [6.07, 6.45) is 8.18. The number of aryl methyl sites for hydroxylation is 1. The standard InChI is InChI=1S/C19H30/c1-15(2)9-12-19(13-10-16(3)4)14-11-17-7-5-6-8-18(17)19/h5-8,15-16H,9-14H2,1-4H3. The fraction of sp³-hybridized carbons (Fsp3) is 0.684. The van der Waals surface area contributed by atoms with Crippen LogP contribution in [0.2, 0.25) is 0 Å². The van der Waals surface area contributed by atoms with E-state index in [2.05, 4.69) is 52.0 Å². The van der Waals surface area contributed by atoms with Crippen LogP contribution in [0.15, 0.2) is 24.3 Å². The van der Waals surface area contributed by atoms with Gasteiger partial charge < -0.3 is 0 Å². The third-order valence-electron chi connectivity index (χ3n) is 4.86. The molecular weight excluding hydrogens is 228 g/mol. The fourth-order valence-corrected chi connectivity index (χ4v) is 3.54. The predicted octanol–water partition coefficient (Wildman–Crippen LogP) is 5.74. The van der Waals surface area contributed by atoms with Crippen LogP contribution in [0.3, 0.4) is 0 Å². The summed E-state index contributed by atoms with van der Waals surface area (Å²) in [5.41, 5.74) is 3.79. The predicted molar refractivity (Wildman–Crippen MR) is 84.6 cm³/mol. The Morgan fingerprint density at radius 1 is 0.947 bits per heavy atom. The Hall–Kier alpha value is -0.780. The summed E-state index contributed by atoms with van der Waals surface area (Å²) in [6.45, 7) is 9.43. The number of benzene rings is 1. The highest BCUT2D eigenvalue weighted by Gasteiger charge is 2.37. The van der Waals surface area contributed by atoms with Crippen LogP contribution in [0.5, 0.6) is 0 Å². The first-order valence-electron chi connectivity index (χ1n) is 8.12. The molecule has 0 unspecified atom stereocenters. The SMILES string of the molecule is CC(C)CCC1(CCC(C)C)CCc2ccccc21. The topological polar surface area (TPSA) is 0 Å². The molecule has 0 heteroatoms. The highest BCUT2D eigenvalue weighted by Crippen LogP contribution is 2.46. The van der Waals surface area contributed by atoms with Crippen molar-refractivity contribution in [1.82, 2.24) is 0 Å². The quantitative estimate of drug-likeness (QED) is 0.610. The molecule has 0 heterocycles. The minimum atomic E-state index is 0.491. The van der Waals surface area contributed by atoms with Gasteiger partial charge in [-0.2, -0.15) is 0 Å². The van der Waals surface area contributed by atoms with Gasteiger partial charge in [-0.3, -0.25) is 0 Å². The molecule has 0 spiro atoms. The van der Waals surface area contributed by atoms with E-state index in [4.69, 9.17) is 0 Å². The Labute approximate surface area is 119 Å². The zero-order valence-electron chi connectivity index (χ0n) is 13.2. The summed E-state index contributed by atoms with van der Waals surface area (Å²) in [7, 11) is 0. The van der Waals surface area contributed by atoms with E-state index in [1.807, 2.05) is 0 Å². The van der Waals surface area contributed by atoms with Crippen LogP contribution in [0.25, 0.3) is 0 Å². The van der Waals surface area contributed by atoms with E-state index >= 15 is 0 Å². The van der Waals surface area contributed by atoms with Crippen molar-refractivity contribution in [3.63, 3.8) is 0 Å². The Balaban J connectivity index is 2.20. The normalized spacial score (nSPS) is 17.2. The number of rotatable bonds is 6. The van der Waals surface area contributed by atoms with Gasteiger partial charge in [0, 0.05) is 0 Å². The van der Waals surface area contributed by atoms with Crippen molar-refractivity contribution in [2.24, 2.45) is 11.8 Å². The van der Waals surface area contributed by atoms with E-state index in [0.717, 1.165) is 11.8 Å². The zero-order valence-corrected chi connectivity index (χ0v) is 13.2. The maximum atomic E-state index is 2.41. The maximum absolute atomic E-state index is 2.41. The molecular formula is C19H30. The molecule has 0 amide bonds. The Kier molecular flexibility index (Phi) is 4.71.